The SMILES string of the molecule is O=C(Cc1cscn1)N1CCC(Oc2ccccc2)(C(=O)O)CC1. The van der Waals surface area contributed by atoms with Crippen LogP contribution >= 0.6 is 11.3 Å². The zero-order valence-electron chi connectivity index (χ0n) is 13.1. The molecule has 1 aromatic heterocycles. The van der Waals surface area contributed by atoms with Crippen LogP contribution < -0.4 is 4.74 Å². The van der Waals surface area contributed by atoms with Crippen LogP contribution in [-0.4, -0.2) is 45.6 Å². The van der Waals surface area contributed by atoms with Gasteiger partial charge in [0.15, 0.2) is 0 Å². The van der Waals surface area contributed by atoms with Gasteiger partial charge in [-0.2, -0.15) is 0 Å². The van der Waals surface area contributed by atoms with E-state index in [0.29, 0.717) is 18.8 Å². The van der Waals surface area contributed by atoms with Crippen LogP contribution in [0.5, 0.6) is 5.75 Å². The van der Waals surface area contributed by atoms with Gasteiger partial charge in [0.25, 0.3) is 0 Å². The van der Waals surface area contributed by atoms with E-state index < -0.39 is 11.6 Å². The minimum Gasteiger partial charge on any atom is -0.478 e. The lowest BCUT2D eigenvalue weighted by molar-refractivity contribution is -0.161. The van der Waals surface area contributed by atoms with Gasteiger partial charge in [0, 0.05) is 31.3 Å². The van der Waals surface area contributed by atoms with Crippen molar-refractivity contribution in [3.63, 3.8) is 0 Å². The minimum atomic E-state index is -1.28. The number of nitrogens with zero attached hydrogens (tertiary/aromatic N) is 2. The third kappa shape index (κ3) is 3.56. The Morgan fingerprint density at radius 3 is 2.54 bits per heavy atom. The quantitative estimate of drug-likeness (QED) is 0.898. The first-order valence-corrected chi connectivity index (χ1v) is 8.66. The van der Waals surface area contributed by atoms with Crippen molar-refractivity contribution in [2.45, 2.75) is 24.9 Å². The van der Waals surface area contributed by atoms with Gasteiger partial charge in [0.05, 0.1) is 17.6 Å². The summed E-state index contributed by atoms with van der Waals surface area (Å²) < 4.78 is 5.79. The normalized spacial score (nSPS) is 16.6. The maximum atomic E-state index is 12.3. The van der Waals surface area contributed by atoms with Crippen molar-refractivity contribution in [3.05, 3.63) is 46.9 Å². The Morgan fingerprint density at radius 2 is 1.96 bits per heavy atom. The summed E-state index contributed by atoms with van der Waals surface area (Å²) in [6.45, 7) is 0.726. The summed E-state index contributed by atoms with van der Waals surface area (Å²) in [7, 11) is 0. The number of likely N-dealkylation sites (tertiary alicyclic amines) is 1. The summed E-state index contributed by atoms with van der Waals surface area (Å²) in [5, 5.41) is 11.5. The lowest BCUT2D eigenvalue weighted by Crippen LogP contribution is -2.54. The van der Waals surface area contributed by atoms with Gasteiger partial charge < -0.3 is 14.7 Å². The number of carboxylic acid groups (broad SMARTS) is 1. The molecule has 0 bridgehead atoms. The molecule has 126 valence electrons. The van der Waals surface area contributed by atoms with Gasteiger partial charge in [0.1, 0.15) is 5.75 Å². The molecule has 1 aliphatic rings. The molecule has 2 aromatic rings. The number of thiazole rings is 1. The summed E-state index contributed by atoms with van der Waals surface area (Å²) in [6.07, 6.45) is 0.781. The monoisotopic (exact) mass is 346 g/mol. The smallest absolute Gasteiger partial charge is 0.348 e. The predicted molar refractivity (Wildman–Crippen MR) is 89.1 cm³/mol. The standard InChI is InChI=1S/C17H18N2O4S/c20-15(10-13-11-24-12-18-13)19-8-6-17(7-9-19,16(21)22)23-14-4-2-1-3-5-14/h1-5,11-12H,6-10H2,(H,21,22). The molecule has 1 aromatic carbocycles. The van der Waals surface area contributed by atoms with Crippen LogP contribution in [0, 0.1) is 0 Å². The van der Waals surface area contributed by atoms with Crippen molar-refractivity contribution in [2.24, 2.45) is 0 Å². The molecule has 0 spiro atoms. The fourth-order valence-corrected chi connectivity index (χ4v) is 3.34. The molecule has 0 atom stereocenters. The van der Waals surface area contributed by atoms with E-state index in [1.54, 1.807) is 34.7 Å². The van der Waals surface area contributed by atoms with Crippen molar-refractivity contribution in [3.8, 4) is 5.75 Å². The second-order valence-corrected chi connectivity index (χ2v) is 6.47. The number of rotatable bonds is 5. The van der Waals surface area contributed by atoms with E-state index in [2.05, 4.69) is 4.98 Å². The molecule has 1 fully saturated rings. The molecular weight excluding hydrogens is 328 g/mol. The number of aliphatic carboxylic acids is 1. The molecule has 1 amide bonds. The second-order valence-electron chi connectivity index (χ2n) is 5.75. The number of carbonyl (C=O) groups excluding carboxylic acids is 1. The lowest BCUT2D eigenvalue weighted by Gasteiger charge is -2.38. The van der Waals surface area contributed by atoms with Gasteiger partial charge in [-0.3, -0.25) is 4.79 Å². The molecule has 3 rings (SSSR count). The Kier molecular flexibility index (Phi) is 4.80. The first-order chi connectivity index (χ1) is 11.6. The van der Waals surface area contributed by atoms with Gasteiger partial charge in [-0.1, -0.05) is 18.2 Å². The summed E-state index contributed by atoms with van der Waals surface area (Å²) in [4.78, 5) is 29.9. The number of hydrogen-bond donors (Lipinski definition) is 1. The third-order valence-electron chi connectivity index (χ3n) is 4.19. The van der Waals surface area contributed by atoms with Crippen LogP contribution in [0.15, 0.2) is 41.2 Å². The second kappa shape index (κ2) is 7.00. The molecule has 0 saturated carbocycles. The van der Waals surface area contributed by atoms with Crippen molar-refractivity contribution in [1.82, 2.24) is 9.88 Å². The molecule has 24 heavy (non-hydrogen) atoms. The van der Waals surface area contributed by atoms with Crippen LogP contribution in [0.3, 0.4) is 0 Å². The summed E-state index contributed by atoms with van der Waals surface area (Å²) in [5.41, 5.74) is 1.17. The Hall–Kier alpha value is -2.41. The number of benzene rings is 1. The maximum Gasteiger partial charge on any atom is 0.348 e. The highest BCUT2D eigenvalue weighted by molar-refractivity contribution is 7.07. The van der Waals surface area contributed by atoms with Crippen molar-refractivity contribution < 1.29 is 19.4 Å². The summed E-state index contributed by atoms with van der Waals surface area (Å²) in [5.74, 6) is -0.486. The molecule has 6 nitrogen and oxygen atoms in total. The Bertz CT molecular complexity index is 695. The number of carboxylic acids is 1. The van der Waals surface area contributed by atoms with E-state index >= 15 is 0 Å². The number of aromatic nitrogens is 1. The van der Waals surface area contributed by atoms with E-state index in [0.717, 1.165) is 5.69 Å². The Morgan fingerprint density at radius 1 is 1.25 bits per heavy atom. The van der Waals surface area contributed by atoms with Crippen molar-refractivity contribution in [2.75, 3.05) is 13.1 Å². The number of carbonyl (C=O) groups is 2. The molecule has 7 heteroatoms. The van der Waals surface area contributed by atoms with Crippen LogP contribution in [-0.2, 0) is 16.0 Å². The average Bonchev–Trinajstić information content (AvgIpc) is 3.09. The minimum absolute atomic E-state index is 0.0281. The molecule has 0 radical (unpaired) electrons. The number of ether oxygens (including phenoxy) is 1. The van der Waals surface area contributed by atoms with Gasteiger partial charge in [0.2, 0.25) is 11.5 Å². The van der Waals surface area contributed by atoms with E-state index in [9.17, 15) is 14.7 Å². The molecule has 0 unspecified atom stereocenters. The van der Waals surface area contributed by atoms with Gasteiger partial charge >= 0.3 is 5.97 Å². The Balaban J connectivity index is 1.64. The highest BCUT2D eigenvalue weighted by Gasteiger charge is 2.44. The topological polar surface area (TPSA) is 79.7 Å². The molecule has 2 heterocycles. The molecular formula is C17H18N2O4S. The van der Waals surface area contributed by atoms with Crippen molar-refractivity contribution in [1.29, 1.82) is 0 Å². The number of amides is 1. The van der Waals surface area contributed by atoms with Crippen molar-refractivity contribution >= 4 is 23.2 Å². The van der Waals surface area contributed by atoms with Crippen LogP contribution in [0.4, 0.5) is 0 Å². The number of piperidine rings is 1. The van der Waals surface area contributed by atoms with E-state index in [1.165, 1.54) is 11.3 Å². The zero-order chi connectivity index (χ0) is 17.0. The van der Waals surface area contributed by atoms with Crippen LogP contribution in [0.1, 0.15) is 18.5 Å². The van der Waals surface area contributed by atoms with E-state index in [4.69, 9.17) is 4.74 Å². The fraction of sp³-hybridized carbons (Fsp3) is 0.353. The first-order valence-electron chi connectivity index (χ1n) is 7.71. The molecule has 1 N–H and O–H groups in total. The number of para-hydroxylation sites is 1. The largest absolute Gasteiger partial charge is 0.478 e. The van der Waals surface area contributed by atoms with Gasteiger partial charge in [-0.05, 0) is 12.1 Å². The van der Waals surface area contributed by atoms with Crippen LogP contribution in [0.2, 0.25) is 0 Å². The fourth-order valence-electron chi connectivity index (χ4n) is 2.78. The average molecular weight is 346 g/mol. The summed E-state index contributed by atoms with van der Waals surface area (Å²) in [6, 6.07) is 8.93. The van der Waals surface area contributed by atoms with Gasteiger partial charge in [-0.15, -0.1) is 11.3 Å². The molecule has 1 aliphatic heterocycles. The summed E-state index contributed by atoms with van der Waals surface area (Å²) >= 11 is 1.45. The predicted octanol–water partition coefficient (Wildman–Crippen LogP) is 2.21. The van der Waals surface area contributed by atoms with Crippen LogP contribution in [0.25, 0.3) is 0 Å². The van der Waals surface area contributed by atoms with E-state index in [-0.39, 0.29) is 25.2 Å². The van der Waals surface area contributed by atoms with E-state index in [1.807, 2.05) is 11.4 Å². The molecule has 1 saturated heterocycles. The highest BCUT2D eigenvalue weighted by atomic mass is 32.1. The molecule has 0 aliphatic carbocycles. The zero-order valence-corrected chi connectivity index (χ0v) is 13.9. The highest BCUT2D eigenvalue weighted by Crippen LogP contribution is 2.29. The maximum absolute atomic E-state index is 12.3. The lowest BCUT2D eigenvalue weighted by atomic mass is 9.90. The van der Waals surface area contributed by atoms with Gasteiger partial charge in [-0.25, -0.2) is 9.78 Å². The first kappa shape index (κ1) is 16.4. The third-order valence-corrected chi connectivity index (χ3v) is 4.82. The Labute approximate surface area is 143 Å². The number of hydrogen-bond acceptors (Lipinski definition) is 5.